The molecule has 25 heavy (non-hydrogen) atoms. The second-order valence-corrected chi connectivity index (χ2v) is 6.41. The Morgan fingerprint density at radius 2 is 1.68 bits per heavy atom. The summed E-state index contributed by atoms with van der Waals surface area (Å²) in [6.45, 7) is 4.02. The fourth-order valence-corrected chi connectivity index (χ4v) is 3.22. The number of hydrogen-bond acceptors (Lipinski definition) is 4. The Morgan fingerprint density at radius 1 is 1.08 bits per heavy atom. The largest absolute Gasteiger partial charge is 0.367 e. The van der Waals surface area contributed by atoms with Crippen molar-refractivity contribution in [2.45, 2.75) is 6.92 Å². The maximum Gasteiger partial charge on any atom is 0.159 e. The lowest BCUT2D eigenvalue weighted by molar-refractivity contribution is 0.101. The predicted octanol–water partition coefficient (Wildman–Crippen LogP) is 3.88. The Balaban J connectivity index is 1.74. The molecule has 1 saturated heterocycles. The van der Waals surface area contributed by atoms with Gasteiger partial charge in [0.2, 0.25) is 0 Å². The molecule has 4 nitrogen and oxygen atoms in total. The van der Waals surface area contributed by atoms with Crippen molar-refractivity contribution < 1.29 is 9.18 Å². The summed E-state index contributed by atoms with van der Waals surface area (Å²) in [5.41, 5.74) is 2.26. The SMILES string of the molecule is CC(=O)c1ccc(N2CCN(c3ccc(Cl)cc3C#N)CC2)c(F)c1. The molecule has 1 aliphatic rings. The highest BCUT2D eigenvalue weighted by molar-refractivity contribution is 6.30. The van der Waals surface area contributed by atoms with Gasteiger partial charge in [-0.3, -0.25) is 4.79 Å². The van der Waals surface area contributed by atoms with Gasteiger partial charge in [-0.05, 0) is 43.3 Å². The van der Waals surface area contributed by atoms with E-state index >= 15 is 0 Å². The van der Waals surface area contributed by atoms with Gasteiger partial charge in [-0.25, -0.2) is 4.39 Å². The number of piperazine rings is 1. The van der Waals surface area contributed by atoms with Gasteiger partial charge >= 0.3 is 0 Å². The van der Waals surface area contributed by atoms with Crippen LogP contribution >= 0.6 is 11.6 Å². The Morgan fingerprint density at radius 3 is 2.24 bits per heavy atom. The first kappa shape index (κ1) is 17.2. The van der Waals surface area contributed by atoms with Crippen molar-refractivity contribution in [3.63, 3.8) is 0 Å². The molecule has 2 aromatic carbocycles. The maximum atomic E-state index is 14.3. The molecule has 1 aliphatic heterocycles. The van der Waals surface area contributed by atoms with Crippen molar-refractivity contribution in [1.82, 2.24) is 0 Å². The van der Waals surface area contributed by atoms with E-state index in [-0.39, 0.29) is 11.6 Å². The number of hydrogen-bond donors (Lipinski definition) is 0. The standard InChI is InChI=1S/C19H17ClFN3O/c1-13(25)14-2-4-19(17(21)11-14)24-8-6-23(7-9-24)18-5-3-16(20)10-15(18)12-22/h2-5,10-11H,6-9H2,1H3. The molecule has 0 aromatic heterocycles. The van der Waals surface area contributed by atoms with Crippen molar-refractivity contribution >= 4 is 28.8 Å². The molecule has 1 fully saturated rings. The average Bonchev–Trinajstić information content (AvgIpc) is 2.61. The van der Waals surface area contributed by atoms with Crippen LogP contribution in [0.1, 0.15) is 22.8 Å². The Bertz CT molecular complexity index is 854. The molecule has 0 amide bonds. The van der Waals surface area contributed by atoms with Crippen LogP contribution in [0.15, 0.2) is 36.4 Å². The molecule has 0 N–H and O–H groups in total. The summed E-state index contributed by atoms with van der Waals surface area (Å²) in [4.78, 5) is 15.4. The lowest BCUT2D eigenvalue weighted by Crippen LogP contribution is -2.47. The minimum atomic E-state index is -0.384. The van der Waals surface area contributed by atoms with Gasteiger partial charge in [-0.1, -0.05) is 11.6 Å². The van der Waals surface area contributed by atoms with Crippen LogP contribution in [0.4, 0.5) is 15.8 Å². The van der Waals surface area contributed by atoms with Gasteiger partial charge in [0, 0.05) is 36.8 Å². The number of nitriles is 1. The predicted molar refractivity (Wildman–Crippen MR) is 97.0 cm³/mol. The number of carbonyl (C=O) groups is 1. The third-order valence-corrected chi connectivity index (χ3v) is 4.63. The molecule has 0 radical (unpaired) electrons. The van der Waals surface area contributed by atoms with Gasteiger partial charge in [0.15, 0.2) is 5.78 Å². The van der Waals surface area contributed by atoms with E-state index in [1.54, 1.807) is 24.3 Å². The third kappa shape index (κ3) is 3.59. The van der Waals surface area contributed by atoms with Gasteiger partial charge in [0.1, 0.15) is 11.9 Å². The van der Waals surface area contributed by atoms with Gasteiger partial charge in [-0.15, -0.1) is 0 Å². The molecule has 0 aliphatic carbocycles. The van der Waals surface area contributed by atoms with E-state index in [0.717, 1.165) is 5.69 Å². The molecule has 0 atom stereocenters. The van der Waals surface area contributed by atoms with Gasteiger partial charge < -0.3 is 9.80 Å². The minimum Gasteiger partial charge on any atom is -0.367 e. The van der Waals surface area contributed by atoms with Crippen LogP contribution in [0.25, 0.3) is 0 Å². The Labute approximate surface area is 151 Å². The van der Waals surface area contributed by atoms with Crippen molar-refractivity contribution in [2.75, 3.05) is 36.0 Å². The van der Waals surface area contributed by atoms with Crippen molar-refractivity contribution in [2.24, 2.45) is 0 Å². The van der Waals surface area contributed by atoms with E-state index in [4.69, 9.17) is 11.6 Å². The number of anilines is 2. The molecule has 3 rings (SSSR count). The molecule has 0 saturated carbocycles. The Kier molecular flexibility index (Phi) is 4.91. The number of carbonyl (C=O) groups excluding carboxylic acids is 1. The lowest BCUT2D eigenvalue weighted by Gasteiger charge is -2.37. The van der Waals surface area contributed by atoms with Crippen LogP contribution < -0.4 is 9.80 Å². The van der Waals surface area contributed by atoms with Crippen molar-refractivity contribution in [3.8, 4) is 6.07 Å². The highest BCUT2D eigenvalue weighted by atomic mass is 35.5. The van der Waals surface area contributed by atoms with E-state index in [2.05, 4.69) is 11.0 Å². The number of nitrogens with zero attached hydrogens (tertiary/aromatic N) is 3. The molecule has 1 heterocycles. The summed E-state index contributed by atoms with van der Waals surface area (Å²) >= 11 is 5.95. The topological polar surface area (TPSA) is 47.3 Å². The van der Waals surface area contributed by atoms with Crippen LogP contribution in [0, 0.1) is 17.1 Å². The van der Waals surface area contributed by atoms with E-state index in [1.165, 1.54) is 13.0 Å². The van der Waals surface area contributed by atoms with Crippen LogP contribution in [0.5, 0.6) is 0 Å². The summed E-state index contributed by atoms with van der Waals surface area (Å²) in [6.07, 6.45) is 0. The fourth-order valence-electron chi connectivity index (χ4n) is 3.04. The summed E-state index contributed by atoms with van der Waals surface area (Å²) < 4.78 is 14.3. The second kappa shape index (κ2) is 7.12. The van der Waals surface area contributed by atoms with Crippen LogP contribution in [0.3, 0.4) is 0 Å². The summed E-state index contributed by atoms with van der Waals surface area (Å²) in [7, 11) is 0. The van der Waals surface area contributed by atoms with E-state index in [9.17, 15) is 14.4 Å². The minimum absolute atomic E-state index is 0.151. The first-order valence-electron chi connectivity index (χ1n) is 7.99. The highest BCUT2D eigenvalue weighted by Crippen LogP contribution is 2.27. The number of benzene rings is 2. The van der Waals surface area contributed by atoms with Crippen LogP contribution in [-0.4, -0.2) is 32.0 Å². The van der Waals surface area contributed by atoms with Gasteiger partial charge in [0.25, 0.3) is 0 Å². The molecular formula is C19H17ClFN3O. The summed E-state index contributed by atoms with van der Waals surface area (Å²) in [5.74, 6) is -0.535. The highest BCUT2D eigenvalue weighted by Gasteiger charge is 2.22. The normalized spacial score (nSPS) is 14.3. The van der Waals surface area contributed by atoms with Crippen LogP contribution in [-0.2, 0) is 0 Å². The van der Waals surface area contributed by atoms with Gasteiger partial charge in [0.05, 0.1) is 16.9 Å². The molecule has 0 spiro atoms. The van der Waals surface area contributed by atoms with E-state index in [0.29, 0.717) is 48.0 Å². The molecular weight excluding hydrogens is 341 g/mol. The lowest BCUT2D eigenvalue weighted by atomic mass is 10.1. The molecule has 2 aromatic rings. The van der Waals surface area contributed by atoms with Crippen LogP contribution in [0.2, 0.25) is 5.02 Å². The molecule has 6 heteroatoms. The van der Waals surface area contributed by atoms with Gasteiger partial charge in [-0.2, -0.15) is 5.26 Å². The smallest absolute Gasteiger partial charge is 0.159 e. The Hall–Kier alpha value is -2.58. The zero-order valence-electron chi connectivity index (χ0n) is 13.8. The fraction of sp³-hybridized carbons (Fsp3) is 0.263. The number of ketones is 1. The molecule has 128 valence electrons. The van der Waals surface area contributed by atoms with E-state index < -0.39 is 0 Å². The summed E-state index contributed by atoms with van der Waals surface area (Å²) in [6, 6.07) is 12.0. The third-order valence-electron chi connectivity index (χ3n) is 4.39. The monoisotopic (exact) mass is 357 g/mol. The second-order valence-electron chi connectivity index (χ2n) is 5.97. The number of rotatable bonds is 3. The number of Topliss-reactive ketones (excluding diaryl/α,β-unsaturated/α-hetero) is 1. The zero-order chi connectivity index (χ0) is 18.0. The van der Waals surface area contributed by atoms with Crippen molar-refractivity contribution in [1.29, 1.82) is 5.26 Å². The zero-order valence-corrected chi connectivity index (χ0v) is 14.6. The molecule has 0 unspecified atom stereocenters. The number of halogens is 2. The molecule has 0 bridgehead atoms. The first-order valence-corrected chi connectivity index (χ1v) is 8.37. The van der Waals surface area contributed by atoms with E-state index in [1.807, 2.05) is 11.0 Å². The average molecular weight is 358 g/mol. The first-order chi connectivity index (χ1) is 12.0. The quantitative estimate of drug-likeness (QED) is 0.782. The summed E-state index contributed by atoms with van der Waals surface area (Å²) in [5, 5.41) is 9.82. The van der Waals surface area contributed by atoms with Crippen molar-refractivity contribution in [3.05, 3.63) is 58.4 Å². The maximum absolute atomic E-state index is 14.3.